The van der Waals surface area contributed by atoms with Crippen LogP contribution < -0.4 is 4.74 Å². The molecule has 31 heavy (non-hydrogen) atoms. The number of hydrogen-bond acceptors (Lipinski definition) is 4. The number of hydrogen-bond donors (Lipinski definition) is 0. The molecule has 0 atom stereocenters. The van der Waals surface area contributed by atoms with Crippen LogP contribution in [0.3, 0.4) is 0 Å². The molecule has 0 saturated heterocycles. The minimum atomic E-state index is -0.120. The number of ether oxygens (including phenoxy) is 1. The van der Waals surface area contributed by atoms with Gasteiger partial charge in [0.05, 0.1) is 23.9 Å². The van der Waals surface area contributed by atoms with Crippen LogP contribution in [0.4, 0.5) is 0 Å². The fourth-order valence-corrected chi connectivity index (χ4v) is 4.10. The van der Waals surface area contributed by atoms with E-state index < -0.39 is 0 Å². The van der Waals surface area contributed by atoms with E-state index in [1.807, 2.05) is 48.5 Å². The van der Waals surface area contributed by atoms with Crippen molar-refractivity contribution in [1.29, 1.82) is 0 Å². The number of methoxy groups -OCH3 is 1. The quantitative estimate of drug-likeness (QED) is 0.381. The summed E-state index contributed by atoms with van der Waals surface area (Å²) in [7, 11) is 1.66. The maximum atomic E-state index is 13.3. The molecule has 0 bridgehead atoms. The Morgan fingerprint density at radius 1 is 1.03 bits per heavy atom. The van der Waals surface area contributed by atoms with Gasteiger partial charge in [-0.15, -0.1) is 0 Å². The van der Waals surface area contributed by atoms with E-state index in [9.17, 15) is 4.79 Å². The lowest BCUT2D eigenvalue weighted by Crippen LogP contribution is -2.18. The van der Waals surface area contributed by atoms with Crippen molar-refractivity contribution >= 4 is 33.9 Å². The molecule has 0 N–H and O–H groups in total. The van der Waals surface area contributed by atoms with E-state index in [2.05, 4.69) is 24.6 Å². The third-order valence-electron chi connectivity index (χ3n) is 5.67. The van der Waals surface area contributed by atoms with Gasteiger partial charge in [-0.2, -0.15) is 0 Å². The van der Waals surface area contributed by atoms with Gasteiger partial charge in [-0.3, -0.25) is 9.78 Å². The summed E-state index contributed by atoms with van der Waals surface area (Å²) in [6.45, 7) is 6.35. The summed E-state index contributed by atoms with van der Waals surface area (Å²) in [4.78, 5) is 22.5. The lowest BCUT2D eigenvalue weighted by atomic mass is 9.83. The molecule has 4 aromatic rings. The third-order valence-corrected chi connectivity index (χ3v) is 5.67. The molecule has 4 nitrogen and oxygen atoms in total. The minimum absolute atomic E-state index is 0.120. The zero-order valence-electron chi connectivity index (χ0n) is 17.3. The van der Waals surface area contributed by atoms with Crippen LogP contribution in [0.2, 0.25) is 0 Å². The van der Waals surface area contributed by atoms with E-state index in [-0.39, 0.29) is 5.78 Å². The topological polar surface area (TPSA) is 52.1 Å². The van der Waals surface area contributed by atoms with Crippen LogP contribution in [-0.2, 0) is 0 Å². The molecule has 0 amide bonds. The second kappa shape index (κ2) is 7.33. The van der Waals surface area contributed by atoms with E-state index in [4.69, 9.17) is 9.72 Å². The molecule has 0 radical (unpaired) electrons. The largest absolute Gasteiger partial charge is 0.497 e. The minimum Gasteiger partial charge on any atom is -0.497 e. The summed E-state index contributed by atoms with van der Waals surface area (Å²) < 4.78 is 5.38. The van der Waals surface area contributed by atoms with Crippen LogP contribution in [0, 0.1) is 0 Å². The standard InChI is InChI=1S/C27H20N2O2/c1-16(18-8-6-9-19(15-18)31-3)14-22-20-10-4-5-12-23(20)29-26-24(22)17(2)25-21(27(26)30)11-7-13-28-25/h4-15H,2H2,1,3H3/b16-14+. The third kappa shape index (κ3) is 3.04. The Morgan fingerprint density at radius 3 is 2.71 bits per heavy atom. The SMILES string of the molecule is C=C1c2ncccc2C(=O)c2nc3ccccc3c(/C=C(\C)c3cccc(OC)c3)c21. The van der Waals surface area contributed by atoms with Crippen molar-refractivity contribution in [2.75, 3.05) is 7.11 Å². The van der Waals surface area contributed by atoms with Gasteiger partial charge >= 0.3 is 0 Å². The highest BCUT2D eigenvalue weighted by molar-refractivity contribution is 6.19. The predicted octanol–water partition coefficient (Wildman–Crippen LogP) is 5.80. The van der Waals surface area contributed by atoms with Crippen molar-refractivity contribution in [2.24, 2.45) is 0 Å². The van der Waals surface area contributed by atoms with Gasteiger partial charge < -0.3 is 4.74 Å². The molecule has 4 heteroatoms. The number of fused-ring (bicyclic) bond motifs is 3. The van der Waals surface area contributed by atoms with Crippen LogP contribution in [0.25, 0.3) is 28.1 Å². The number of rotatable bonds is 3. The molecular weight excluding hydrogens is 384 g/mol. The molecule has 5 rings (SSSR count). The Hall–Kier alpha value is -4.05. The second-order valence-electron chi connectivity index (χ2n) is 7.53. The van der Waals surface area contributed by atoms with Crippen molar-refractivity contribution in [3.8, 4) is 5.75 Å². The van der Waals surface area contributed by atoms with Crippen LogP contribution in [-0.4, -0.2) is 22.9 Å². The molecule has 0 unspecified atom stereocenters. The number of ketones is 1. The first-order valence-electron chi connectivity index (χ1n) is 10.0. The number of allylic oxidation sites excluding steroid dienone is 1. The summed E-state index contributed by atoms with van der Waals surface area (Å²) >= 11 is 0. The van der Waals surface area contributed by atoms with E-state index >= 15 is 0 Å². The lowest BCUT2D eigenvalue weighted by molar-refractivity contribution is 0.103. The molecule has 2 aromatic heterocycles. The van der Waals surface area contributed by atoms with Crippen molar-refractivity contribution in [1.82, 2.24) is 9.97 Å². The maximum Gasteiger partial charge on any atom is 0.214 e. The van der Waals surface area contributed by atoms with Gasteiger partial charge in [0.1, 0.15) is 11.4 Å². The monoisotopic (exact) mass is 404 g/mol. The van der Waals surface area contributed by atoms with Crippen LogP contribution in [0.1, 0.15) is 45.4 Å². The first-order valence-corrected chi connectivity index (χ1v) is 10.0. The Labute approximate surface area is 180 Å². The average molecular weight is 404 g/mol. The predicted molar refractivity (Wildman–Crippen MR) is 124 cm³/mol. The van der Waals surface area contributed by atoms with Gasteiger partial charge in [0.15, 0.2) is 0 Å². The van der Waals surface area contributed by atoms with Gasteiger partial charge in [-0.05, 0) is 54.0 Å². The highest BCUT2D eigenvalue weighted by Gasteiger charge is 2.31. The summed E-state index contributed by atoms with van der Waals surface area (Å²) in [6.07, 6.45) is 3.79. The molecule has 2 heterocycles. The molecule has 150 valence electrons. The average Bonchev–Trinajstić information content (AvgIpc) is 2.82. The number of carbonyl (C=O) groups is 1. The van der Waals surface area contributed by atoms with E-state index in [0.29, 0.717) is 22.5 Å². The van der Waals surface area contributed by atoms with Crippen molar-refractivity contribution in [3.05, 3.63) is 107 Å². The van der Waals surface area contributed by atoms with Gasteiger partial charge in [0.2, 0.25) is 5.78 Å². The molecule has 0 saturated carbocycles. The molecule has 1 aliphatic rings. The maximum absolute atomic E-state index is 13.3. The smallest absolute Gasteiger partial charge is 0.214 e. The van der Waals surface area contributed by atoms with Gasteiger partial charge in [0.25, 0.3) is 0 Å². The van der Waals surface area contributed by atoms with Crippen molar-refractivity contribution in [2.45, 2.75) is 6.92 Å². The van der Waals surface area contributed by atoms with Gasteiger partial charge in [-0.25, -0.2) is 4.98 Å². The fourth-order valence-electron chi connectivity index (χ4n) is 4.10. The summed E-state index contributed by atoms with van der Waals surface area (Å²) in [5.41, 5.74) is 6.84. The van der Waals surface area contributed by atoms with Crippen molar-refractivity contribution in [3.63, 3.8) is 0 Å². The summed E-state index contributed by atoms with van der Waals surface area (Å²) in [6, 6.07) is 19.4. The lowest BCUT2D eigenvalue weighted by Gasteiger charge is -2.22. The number of carbonyl (C=O) groups excluding carboxylic acids is 1. The fraction of sp³-hybridized carbons (Fsp3) is 0.0741. The number of nitrogens with zero attached hydrogens (tertiary/aromatic N) is 2. The normalized spacial score (nSPS) is 13.2. The van der Waals surface area contributed by atoms with Crippen molar-refractivity contribution < 1.29 is 9.53 Å². The Morgan fingerprint density at radius 2 is 1.87 bits per heavy atom. The number of pyridine rings is 2. The number of para-hydroxylation sites is 1. The molecule has 0 fully saturated rings. The second-order valence-corrected chi connectivity index (χ2v) is 7.53. The van der Waals surface area contributed by atoms with Gasteiger partial charge in [-0.1, -0.05) is 43.0 Å². The summed E-state index contributed by atoms with van der Waals surface area (Å²) in [5, 5.41) is 0.969. The Kier molecular flexibility index (Phi) is 4.48. The molecule has 1 aliphatic carbocycles. The molecule has 0 aliphatic heterocycles. The van der Waals surface area contributed by atoms with Crippen LogP contribution in [0.5, 0.6) is 5.75 Å². The highest BCUT2D eigenvalue weighted by atomic mass is 16.5. The highest BCUT2D eigenvalue weighted by Crippen LogP contribution is 2.39. The van der Waals surface area contributed by atoms with E-state index in [1.165, 1.54) is 0 Å². The van der Waals surface area contributed by atoms with Crippen LogP contribution >= 0.6 is 0 Å². The zero-order chi connectivity index (χ0) is 21.5. The first-order chi connectivity index (χ1) is 15.1. The van der Waals surface area contributed by atoms with Crippen LogP contribution in [0.15, 0.2) is 73.4 Å². The molecule has 2 aromatic carbocycles. The van der Waals surface area contributed by atoms with E-state index in [1.54, 1.807) is 25.4 Å². The zero-order valence-corrected chi connectivity index (χ0v) is 17.3. The van der Waals surface area contributed by atoms with E-state index in [0.717, 1.165) is 38.9 Å². The van der Waals surface area contributed by atoms with Gasteiger partial charge in [0, 0.05) is 22.7 Å². The summed E-state index contributed by atoms with van der Waals surface area (Å²) in [5.74, 6) is 0.675. The molecular formula is C27H20N2O2. The molecule has 0 spiro atoms. The number of benzene rings is 2. The Balaban J connectivity index is 1.80. The first kappa shape index (κ1) is 18.9. The number of aromatic nitrogens is 2. The Bertz CT molecular complexity index is 1420.